The zero-order valence-electron chi connectivity index (χ0n) is 10.8. The molecule has 2 saturated heterocycles. The van der Waals surface area contributed by atoms with Crippen LogP contribution in [0.1, 0.15) is 23.2 Å². The van der Waals surface area contributed by atoms with Crippen LogP contribution in [0, 0.1) is 0 Å². The normalized spacial score (nSPS) is 25.3. The Morgan fingerprint density at radius 2 is 2.05 bits per heavy atom. The largest absolute Gasteiger partial charge is 0.478 e. The Hall–Kier alpha value is -2.08. The van der Waals surface area contributed by atoms with Crippen molar-refractivity contribution >= 4 is 23.1 Å². The van der Waals surface area contributed by atoms with Crippen LogP contribution in [0.15, 0.2) is 22.6 Å². The molecule has 1 aromatic carbocycles. The van der Waals surface area contributed by atoms with Crippen molar-refractivity contribution in [2.24, 2.45) is 0 Å². The lowest BCUT2D eigenvalue weighted by Gasteiger charge is -2.30. The summed E-state index contributed by atoms with van der Waals surface area (Å²) in [7, 11) is 0. The number of hydrogen-bond acceptors (Lipinski definition) is 5. The molecular formula is C14H14N2O4. The number of benzene rings is 1. The number of carbonyl (C=O) groups is 1. The quantitative estimate of drug-likeness (QED) is 0.901. The minimum Gasteiger partial charge on any atom is -0.478 e. The molecule has 2 aliphatic heterocycles. The maximum absolute atomic E-state index is 11.0. The lowest BCUT2D eigenvalue weighted by atomic mass is 10.2. The number of rotatable bonds is 2. The molecule has 0 spiro atoms. The first-order chi connectivity index (χ1) is 9.69. The highest BCUT2D eigenvalue weighted by Crippen LogP contribution is 2.31. The molecule has 6 heteroatoms. The van der Waals surface area contributed by atoms with E-state index in [0.717, 1.165) is 25.9 Å². The predicted octanol–water partition coefficient (Wildman–Crippen LogP) is 1.89. The molecule has 1 N–H and O–H groups in total. The van der Waals surface area contributed by atoms with Crippen LogP contribution < -0.4 is 4.90 Å². The first-order valence-corrected chi connectivity index (χ1v) is 6.73. The van der Waals surface area contributed by atoms with Crippen LogP contribution in [0.5, 0.6) is 0 Å². The van der Waals surface area contributed by atoms with Gasteiger partial charge >= 0.3 is 5.97 Å². The van der Waals surface area contributed by atoms with Gasteiger partial charge in [0.05, 0.1) is 17.8 Å². The van der Waals surface area contributed by atoms with Gasteiger partial charge in [0, 0.05) is 13.1 Å². The minimum absolute atomic E-state index is 0.210. The maximum Gasteiger partial charge on any atom is 0.335 e. The van der Waals surface area contributed by atoms with Crippen molar-refractivity contribution < 1.29 is 19.1 Å². The Bertz CT molecular complexity index is 669. The Morgan fingerprint density at radius 1 is 1.30 bits per heavy atom. The fraction of sp³-hybridized carbons (Fsp3) is 0.429. The second kappa shape index (κ2) is 4.21. The Balaban J connectivity index is 1.68. The fourth-order valence-electron chi connectivity index (χ4n) is 2.95. The Morgan fingerprint density at radius 3 is 2.75 bits per heavy atom. The van der Waals surface area contributed by atoms with Crippen molar-refractivity contribution in [3.05, 3.63) is 23.8 Å². The number of hydrogen-bond donors (Lipinski definition) is 1. The van der Waals surface area contributed by atoms with Crippen molar-refractivity contribution in [2.45, 2.75) is 25.0 Å². The predicted molar refractivity (Wildman–Crippen MR) is 71.1 cm³/mol. The number of anilines is 1. The second-order valence-corrected chi connectivity index (χ2v) is 5.35. The van der Waals surface area contributed by atoms with Crippen molar-refractivity contribution in [1.82, 2.24) is 4.98 Å². The number of morpholine rings is 1. The van der Waals surface area contributed by atoms with Gasteiger partial charge in [0.15, 0.2) is 5.58 Å². The van der Waals surface area contributed by atoms with Crippen LogP contribution >= 0.6 is 0 Å². The molecule has 0 radical (unpaired) electrons. The molecule has 3 heterocycles. The molecule has 2 atom stereocenters. The molecule has 2 fully saturated rings. The topological polar surface area (TPSA) is 75.8 Å². The van der Waals surface area contributed by atoms with Crippen molar-refractivity contribution in [3.63, 3.8) is 0 Å². The van der Waals surface area contributed by atoms with Crippen LogP contribution in [0.3, 0.4) is 0 Å². The minimum atomic E-state index is -0.964. The van der Waals surface area contributed by atoms with Gasteiger partial charge in [-0.15, -0.1) is 0 Å². The number of aromatic nitrogens is 1. The number of fused-ring (bicyclic) bond motifs is 3. The summed E-state index contributed by atoms with van der Waals surface area (Å²) in [6.07, 6.45) is 2.70. The van der Waals surface area contributed by atoms with E-state index in [1.165, 1.54) is 6.07 Å². The summed E-state index contributed by atoms with van der Waals surface area (Å²) in [5.41, 5.74) is 1.41. The lowest BCUT2D eigenvalue weighted by Crippen LogP contribution is -2.42. The number of carboxylic acids is 1. The van der Waals surface area contributed by atoms with Crippen LogP contribution in [0.2, 0.25) is 0 Å². The van der Waals surface area contributed by atoms with E-state index in [2.05, 4.69) is 9.88 Å². The third kappa shape index (κ3) is 1.84. The van der Waals surface area contributed by atoms with E-state index in [0.29, 0.717) is 17.1 Å². The lowest BCUT2D eigenvalue weighted by molar-refractivity contribution is 0.0289. The highest BCUT2D eigenvalue weighted by Gasteiger charge is 2.35. The van der Waals surface area contributed by atoms with Crippen molar-refractivity contribution in [3.8, 4) is 0 Å². The molecule has 104 valence electrons. The first-order valence-electron chi connectivity index (χ1n) is 6.73. The average Bonchev–Trinajstić information content (AvgIpc) is 3.01. The van der Waals surface area contributed by atoms with Gasteiger partial charge in [0.1, 0.15) is 5.52 Å². The molecule has 0 saturated carbocycles. The first kappa shape index (κ1) is 11.7. The summed E-state index contributed by atoms with van der Waals surface area (Å²) in [6, 6.07) is 5.30. The monoisotopic (exact) mass is 274 g/mol. The van der Waals surface area contributed by atoms with Gasteiger partial charge in [-0.3, -0.25) is 0 Å². The SMILES string of the molecule is O=C(O)c1ccc2nc(N3CC4CCC(C3)O4)oc2c1. The summed E-state index contributed by atoms with van der Waals surface area (Å²) in [5, 5.41) is 8.99. The molecule has 1 aromatic heterocycles. The van der Waals surface area contributed by atoms with Crippen molar-refractivity contribution in [2.75, 3.05) is 18.0 Å². The van der Waals surface area contributed by atoms with E-state index in [4.69, 9.17) is 14.3 Å². The third-order valence-corrected chi connectivity index (χ3v) is 3.94. The summed E-state index contributed by atoms with van der Waals surface area (Å²) >= 11 is 0. The number of carboxylic acid groups (broad SMARTS) is 1. The van der Waals surface area contributed by atoms with Gasteiger partial charge in [-0.25, -0.2) is 4.79 Å². The number of nitrogens with zero attached hydrogens (tertiary/aromatic N) is 2. The number of oxazole rings is 1. The maximum atomic E-state index is 11.0. The number of ether oxygens (including phenoxy) is 1. The Labute approximate surface area is 114 Å². The molecule has 2 unspecified atom stereocenters. The summed E-state index contributed by atoms with van der Waals surface area (Å²) < 4.78 is 11.5. The molecule has 2 bridgehead atoms. The Kier molecular flexibility index (Phi) is 2.47. The van der Waals surface area contributed by atoms with Gasteiger partial charge < -0.3 is 19.2 Å². The van der Waals surface area contributed by atoms with Gasteiger partial charge in [-0.1, -0.05) is 0 Å². The highest BCUT2D eigenvalue weighted by molar-refractivity contribution is 5.92. The standard InChI is InChI=1S/C14H14N2O4/c17-13(18)8-1-4-11-12(5-8)20-14(15-11)16-6-9-2-3-10(7-16)19-9/h1,4-5,9-10H,2-3,6-7H2,(H,17,18). The molecule has 20 heavy (non-hydrogen) atoms. The van der Waals surface area contributed by atoms with Gasteiger partial charge in [0.25, 0.3) is 6.01 Å². The summed E-state index contributed by atoms with van der Waals surface area (Å²) in [4.78, 5) is 17.5. The zero-order valence-corrected chi connectivity index (χ0v) is 10.8. The van der Waals surface area contributed by atoms with E-state index in [9.17, 15) is 4.79 Å². The van der Waals surface area contributed by atoms with E-state index >= 15 is 0 Å². The second-order valence-electron chi connectivity index (χ2n) is 5.35. The summed E-state index contributed by atoms with van der Waals surface area (Å²) in [5.74, 6) is -0.964. The summed E-state index contributed by atoms with van der Waals surface area (Å²) in [6.45, 7) is 1.57. The molecule has 2 aromatic rings. The third-order valence-electron chi connectivity index (χ3n) is 3.94. The molecular weight excluding hydrogens is 260 g/mol. The average molecular weight is 274 g/mol. The van der Waals surface area contributed by atoms with E-state index in [-0.39, 0.29) is 17.8 Å². The zero-order chi connectivity index (χ0) is 13.7. The van der Waals surface area contributed by atoms with Crippen LogP contribution in [0.4, 0.5) is 6.01 Å². The van der Waals surface area contributed by atoms with E-state index < -0.39 is 5.97 Å². The van der Waals surface area contributed by atoms with E-state index in [1.807, 2.05) is 0 Å². The molecule has 0 amide bonds. The van der Waals surface area contributed by atoms with Crippen LogP contribution in [0.25, 0.3) is 11.1 Å². The molecule has 4 rings (SSSR count). The van der Waals surface area contributed by atoms with Gasteiger partial charge in [0.2, 0.25) is 0 Å². The molecule has 6 nitrogen and oxygen atoms in total. The fourth-order valence-corrected chi connectivity index (χ4v) is 2.95. The van der Waals surface area contributed by atoms with Crippen LogP contribution in [-0.4, -0.2) is 41.4 Å². The van der Waals surface area contributed by atoms with Crippen LogP contribution in [-0.2, 0) is 4.74 Å². The van der Waals surface area contributed by atoms with Crippen molar-refractivity contribution in [1.29, 1.82) is 0 Å². The van der Waals surface area contributed by atoms with E-state index in [1.54, 1.807) is 12.1 Å². The molecule has 0 aliphatic carbocycles. The smallest absolute Gasteiger partial charge is 0.335 e. The molecule has 2 aliphatic rings. The highest BCUT2D eigenvalue weighted by atomic mass is 16.5. The van der Waals surface area contributed by atoms with Gasteiger partial charge in [-0.2, -0.15) is 4.98 Å². The number of aromatic carboxylic acids is 1. The van der Waals surface area contributed by atoms with Gasteiger partial charge in [-0.05, 0) is 31.0 Å².